The monoisotopic (exact) mass is 479 g/mol. The van der Waals surface area contributed by atoms with Gasteiger partial charge in [0.1, 0.15) is 0 Å². The number of fused-ring (bicyclic) bond motifs is 3. The molecular weight excluding hydrogens is 462 g/mol. The van der Waals surface area contributed by atoms with Crippen LogP contribution in [0, 0.1) is 6.92 Å². The molecule has 1 aliphatic rings. The Morgan fingerprint density at radius 2 is 1.57 bits per heavy atom. The van der Waals surface area contributed by atoms with Crippen molar-refractivity contribution in [1.82, 2.24) is 0 Å². The summed E-state index contributed by atoms with van der Waals surface area (Å²) in [5.74, 6) is 0. The van der Waals surface area contributed by atoms with Gasteiger partial charge in [-0.2, -0.15) is 0 Å². The van der Waals surface area contributed by atoms with Crippen LogP contribution < -0.4 is 24.8 Å². The van der Waals surface area contributed by atoms with Crippen LogP contribution in [0.5, 0.6) is 0 Å². The molecule has 0 unspecified atom stereocenters. The van der Waals surface area contributed by atoms with E-state index in [2.05, 4.69) is 91.9 Å². The van der Waals surface area contributed by atoms with E-state index < -0.39 is 0 Å². The fourth-order valence-corrected chi connectivity index (χ4v) is 4.10. The zero-order valence-electron chi connectivity index (χ0n) is 15.5. The number of hydrogen-bond donors (Lipinski definition) is 0. The maximum atomic E-state index is 2.38. The van der Waals surface area contributed by atoms with E-state index in [1.54, 1.807) is 0 Å². The Bertz CT molecular complexity index is 1170. The molecular formula is C25H19Cl2Zr. The Kier molecular flexibility index (Phi) is 7.57. The molecule has 4 aromatic carbocycles. The first-order valence-electron chi connectivity index (χ1n) is 8.85. The minimum absolute atomic E-state index is 0. The Hall–Kier alpha value is -1.53. The fourth-order valence-electron chi connectivity index (χ4n) is 4.10. The fraction of sp³-hybridized carbons (Fsp3) is 0.0800. The Morgan fingerprint density at radius 1 is 0.786 bits per heavy atom. The molecule has 0 saturated heterocycles. The molecule has 0 spiro atoms. The molecule has 0 N–H and O–H groups in total. The standard InChI is InChI=1S/C25H19.2ClH.Zr/c1-17-7-5-10-21-15-19-13-14-20(16-24(19)25(17)21)23-12-6-11-22(23)18-8-3-2-4-9-18;;;/h2-11,13-16H,12H2,1H3;2*1H;/q-1;;;+3/p-2. The second-order valence-corrected chi connectivity index (χ2v) is 6.85. The molecule has 28 heavy (non-hydrogen) atoms. The van der Waals surface area contributed by atoms with Crippen molar-refractivity contribution in [3.05, 3.63) is 102 Å². The van der Waals surface area contributed by atoms with Crippen molar-refractivity contribution >= 4 is 32.7 Å². The van der Waals surface area contributed by atoms with E-state index in [-0.39, 0.29) is 51.0 Å². The molecule has 1 radical (unpaired) electrons. The van der Waals surface area contributed by atoms with E-state index in [0.29, 0.717) is 0 Å². The van der Waals surface area contributed by atoms with Crippen molar-refractivity contribution < 1.29 is 51.0 Å². The average molecular weight is 482 g/mol. The number of allylic oxidation sites excluding steroid dienone is 4. The molecule has 4 aromatic rings. The van der Waals surface area contributed by atoms with Crippen molar-refractivity contribution in [2.45, 2.75) is 13.3 Å². The van der Waals surface area contributed by atoms with Crippen LogP contribution in [0.4, 0.5) is 0 Å². The molecule has 0 nitrogen and oxygen atoms in total. The first kappa shape index (κ1) is 22.8. The molecule has 3 heteroatoms. The van der Waals surface area contributed by atoms with Crippen LogP contribution in [0.1, 0.15) is 23.1 Å². The molecule has 0 atom stereocenters. The summed E-state index contributed by atoms with van der Waals surface area (Å²) >= 11 is 0. The minimum atomic E-state index is 0. The van der Waals surface area contributed by atoms with Crippen molar-refractivity contribution in [2.24, 2.45) is 0 Å². The third-order valence-corrected chi connectivity index (χ3v) is 5.30. The molecule has 5 rings (SSSR count). The topological polar surface area (TPSA) is 0 Å². The zero-order chi connectivity index (χ0) is 16.8. The molecule has 0 bridgehead atoms. The van der Waals surface area contributed by atoms with Gasteiger partial charge in [-0.25, -0.2) is 0 Å². The summed E-state index contributed by atoms with van der Waals surface area (Å²) in [6, 6.07) is 26.5. The largest absolute Gasteiger partial charge is 3.00 e. The summed E-state index contributed by atoms with van der Waals surface area (Å²) in [6.45, 7) is 2.21. The zero-order valence-corrected chi connectivity index (χ0v) is 19.5. The molecule has 0 amide bonds. The Labute approximate surface area is 197 Å². The van der Waals surface area contributed by atoms with E-state index in [0.717, 1.165) is 6.42 Å². The Morgan fingerprint density at radius 3 is 2.36 bits per heavy atom. The van der Waals surface area contributed by atoms with Gasteiger partial charge in [0.2, 0.25) is 0 Å². The normalized spacial score (nSPS) is 12.6. The van der Waals surface area contributed by atoms with Gasteiger partial charge < -0.3 is 24.8 Å². The molecule has 137 valence electrons. The summed E-state index contributed by atoms with van der Waals surface area (Å²) in [5.41, 5.74) is 6.78. The smallest absolute Gasteiger partial charge is 1.00 e. The summed E-state index contributed by atoms with van der Waals surface area (Å²) in [5, 5.41) is 5.44. The van der Waals surface area contributed by atoms with E-state index >= 15 is 0 Å². The van der Waals surface area contributed by atoms with E-state index in [1.807, 2.05) is 0 Å². The molecule has 0 saturated carbocycles. The molecule has 0 fully saturated rings. The molecule has 0 aliphatic heterocycles. The third-order valence-electron chi connectivity index (χ3n) is 5.30. The van der Waals surface area contributed by atoms with Crippen LogP contribution in [0.2, 0.25) is 0 Å². The van der Waals surface area contributed by atoms with E-state index in [1.165, 1.54) is 49.4 Å². The number of hydrogen-bond acceptors (Lipinski definition) is 0. The summed E-state index contributed by atoms with van der Waals surface area (Å²) in [7, 11) is 0. The maximum Gasteiger partial charge on any atom is 3.00 e. The van der Waals surface area contributed by atoms with E-state index in [4.69, 9.17) is 0 Å². The van der Waals surface area contributed by atoms with Crippen LogP contribution in [0.15, 0.2) is 84.9 Å². The maximum absolute atomic E-state index is 2.38. The molecule has 1 aliphatic carbocycles. The van der Waals surface area contributed by atoms with Crippen molar-refractivity contribution in [1.29, 1.82) is 0 Å². The van der Waals surface area contributed by atoms with Crippen molar-refractivity contribution in [3.63, 3.8) is 0 Å². The van der Waals surface area contributed by atoms with Gasteiger partial charge in [-0.3, -0.25) is 0 Å². The second kappa shape index (κ2) is 9.31. The molecule has 0 heterocycles. The van der Waals surface area contributed by atoms with Crippen LogP contribution in [0.3, 0.4) is 0 Å². The van der Waals surface area contributed by atoms with E-state index in [9.17, 15) is 0 Å². The minimum Gasteiger partial charge on any atom is -1.00 e. The summed E-state index contributed by atoms with van der Waals surface area (Å²) < 4.78 is 0. The van der Waals surface area contributed by atoms with Gasteiger partial charge in [0, 0.05) is 0 Å². The average Bonchev–Trinajstić information content (AvgIpc) is 3.27. The van der Waals surface area contributed by atoms with Crippen molar-refractivity contribution in [2.75, 3.05) is 0 Å². The predicted octanol–water partition coefficient (Wildman–Crippen LogP) is 0.897. The summed E-state index contributed by atoms with van der Waals surface area (Å²) in [6.07, 6.45) is 5.55. The first-order valence-corrected chi connectivity index (χ1v) is 8.85. The Balaban J connectivity index is 0.000000934. The van der Waals surface area contributed by atoms with Gasteiger partial charge in [-0.15, -0.1) is 39.7 Å². The second-order valence-electron chi connectivity index (χ2n) is 6.85. The quantitative estimate of drug-likeness (QED) is 0.374. The summed E-state index contributed by atoms with van der Waals surface area (Å²) in [4.78, 5) is 0. The number of benzene rings is 3. The van der Waals surface area contributed by atoms with Crippen LogP contribution in [-0.4, -0.2) is 0 Å². The number of halogens is 2. The van der Waals surface area contributed by atoms with Crippen LogP contribution in [-0.2, 0) is 26.2 Å². The SMILES string of the molecule is Cc1cccc2[cH-]c3ccc(C4=C(c5ccccc5)C=CC4)cc3c12.[Cl-].[Cl-].[Zr+3]. The number of aryl methyl sites for hydroxylation is 1. The third kappa shape index (κ3) is 3.81. The van der Waals surface area contributed by atoms with Gasteiger partial charge in [0.05, 0.1) is 0 Å². The van der Waals surface area contributed by atoms with Gasteiger partial charge in [0.25, 0.3) is 0 Å². The van der Waals surface area contributed by atoms with Gasteiger partial charge in [-0.05, 0) is 35.6 Å². The van der Waals surface area contributed by atoms with Gasteiger partial charge >= 0.3 is 26.2 Å². The number of rotatable bonds is 2. The van der Waals surface area contributed by atoms with Crippen molar-refractivity contribution in [3.8, 4) is 0 Å². The van der Waals surface area contributed by atoms with Gasteiger partial charge in [0.15, 0.2) is 0 Å². The van der Waals surface area contributed by atoms with Crippen LogP contribution in [0.25, 0.3) is 32.7 Å². The first-order chi connectivity index (χ1) is 12.3. The predicted molar refractivity (Wildman–Crippen MR) is 109 cm³/mol. The van der Waals surface area contributed by atoms with Crippen LogP contribution >= 0.6 is 0 Å². The van der Waals surface area contributed by atoms with Gasteiger partial charge in [-0.1, -0.05) is 72.3 Å². The molecule has 0 aromatic heterocycles.